The van der Waals surface area contributed by atoms with Crippen molar-refractivity contribution < 1.29 is 4.79 Å². The first-order valence-electron chi connectivity index (χ1n) is 6.68. The Morgan fingerprint density at radius 2 is 2.00 bits per heavy atom. The molecule has 0 fully saturated rings. The Morgan fingerprint density at radius 3 is 2.60 bits per heavy atom. The minimum atomic E-state index is -0.0346. The van der Waals surface area contributed by atoms with Crippen LogP contribution < -0.4 is 10.6 Å². The van der Waals surface area contributed by atoms with Crippen LogP contribution in [0.25, 0.3) is 0 Å². The molecule has 104 valence electrons. The van der Waals surface area contributed by atoms with Crippen molar-refractivity contribution >= 4 is 23.1 Å². The minimum Gasteiger partial charge on any atom is -0.354 e. The Morgan fingerprint density at radius 1 is 1.20 bits per heavy atom. The molecule has 1 amide bonds. The van der Waals surface area contributed by atoms with E-state index < -0.39 is 0 Å². The highest BCUT2D eigenvalue weighted by Gasteiger charge is 2.02. The summed E-state index contributed by atoms with van der Waals surface area (Å²) >= 11 is 0. The normalized spacial score (nSPS) is 10.2. The Labute approximate surface area is 119 Å². The zero-order valence-corrected chi connectivity index (χ0v) is 12.0. The summed E-state index contributed by atoms with van der Waals surface area (Å²) in [5.41, 5.74) is 4.38. The largest absolute Gasteiger partial charge is 0.354 e. The molecule has 0 saturated carbocycles. The number of carbonyl (C=O) groups excluding carboxylic acids is 1. The molecule has 1 aromatic carbocycles. The van der Waals surface area contributed by atoms with E-state index in [1.807, 2.05) is 13.0 Å². The van der Waals surface area contributed by atoms with Gasteiger partial charge in [-0.2, -0.15) is 0 Å². The number of hydrogen-bond acceptors (Lipinski definition) is 3. The number of carbonyl (C=O) groups is 1. The van der Waals surface area contributed by atoms with Gasteiger partial charge in [0.15, 0.2) is 0 Å². The van der Waals surface area contributed by atoms with E-state index in [0.29, 0.717) is 12.2 Å². The van der Waals surface area contributed by atoms with Crippen LogP contribution in [0.4, 0.5) is 17.2 Å². The van der Waals surface area contributed by atoms with E-state index in [4.69, 9.17) is 0 Å². The molecule has 1 aromatic heterocycles. The molecule has 0 bridgehead atoms. The van der Waals surface area contributed by atoms with Crippen LogP contribution in [-0.2, 0) is 4.79 Å². The van der Waals surface area contributed by atoms with E-state index in [2.05, 4.69) is 47.7 Å². The number of nitrogens with zero attached hydrogens (tertiary/aromatic N) is 1. The SMILES string of the molecule is CCC(=O)Nc1ccc(Nc2ccc(C)cc2C)cn1. The fourth-order valence-electron chi connectivity index (χ4n) is 1.88. The molecular formula is C16H19N3O. The van der Waals surface area contributed by atoms with Crippen LogP contribution >= 0.6 is 0 Å². The van der Waals surface area contributed by atoms with Gasteiger partial charge in [-0.1, -0.05) is 24.6 Å². The van der Waals surface area contributed by atoms with Gasteiger partial charge in [0.05, 0.1) is 11.9 Å². The summed E-state index contributed by atoms with van der Waals surface area (Å²) in [7, 11) is 0. The monoisotopic (exact) mass is 269 g/mol. The molecule has 4 nitrogen and oxygen atoms in total. The van der Waals surface area contributed by atoms with Crippen LogP contribution in [-0.4, -0.2) is 10.9 Å². The van der Waals surface area contributed by atoms with Gasteiger partial charge in [0, 0.05) is 12.1 Å². The Kier molecular flexibility index (Phi) is 4.35. The van der Waals surface area contributed by atoms with E-state index in [-0.39, 0.29) is 5.91 Å². The number of aryl methyl sites for hydroxylation is 2. The molecule has 0 radical (unpaired) electrons. The second-order valence-electron chi connectivity index (χ2n) is 4.78. The van der Waals surface area contributed by atoms with Gasteiger partial charge in [-0.05, 0) is 37.6 Å². The maximum atomic E-state index is 11.3. The van der Waals surface area contributed by atoms with Crippen molar-refractivity contribution in [2.45, 2.75) is 27.2 Å². The molecule has 0 spiro atoms. The molecular weight excluding hydrogens is 250 g/mol. The molecule has 4 heteroatoms. The fourth-order valence-corrected chi connectivity index (χ4v) is 1.88. The van der Waals surface area contributed by atoms with Crippen molar-refractivity contribution in [1.82, 2.24) is 4.98 Å². The quantitative estimate of drug-likeness (QED) is 0.887. The molecule has 0 atom stereocenters. The van der Waals surface area contributed by atoms with Crippen molar-refractivity contribution in [2.24, 2.45) is 0 Å². The first-order valence-corrected chi connectivity index (χ1v) is 6.68. The van der Waals surface area contributed by atoms with E-state index in [0.717, 1.165) is 11.4 Å². The maximum absolute atomic E-state index is 11.3. The number of hydrogen-bond donors (Lipinski definition) is 2. The third-order valence-corrected chi connectivity index (χ3v) is 3.01. The van der Waals surface area contributed by atoms with Crippen LogP contribution in [0.2, 0.25) is 0 Å². The Balaban J connectivity index is 2.08. The van der Waals surface area contributed by atoms with Gasteiger partial charge >= 0.3 is 0 Å². The van der Waals surface area contributed by atoms with Gasteiger partial charge < -0.3 is 10.6 Å². The number of nitrogens with one attached hydrogen (secondary N) is 2. The fraction of sp³-hybridized carbons (Fsp3) is 0.250. The standard InChI is InChI=1S/C16H19N3O/c1-4-16(20)19-15-8-6-13(10-17-15)18-14-7-5-11(2)9-12(14)3/h5-10,18H,4H2,1-3H3,(H,17,19,20). The van der Waals surface area contributed by atoms with Gasteiger partial charge in [-0.25, -0.2) is 4.98 Å². The van der Waals surface area contributed by atoms with Crippen molar-refractivity contribution in [3.8, 4) is 0 Å². The van der Waals surface area contributed by atoms with Crippen molar-refractivity contribution in [1.29, 1.82) is 0 Å². The summed E-state index contributed by atoms with van der Waals surface area (Å²) in [4.78, 5) is 15.5. The average Bonchev–Trinajstić information content (AvgIpc) is 2.44. The lowest BCUT2D eigenvalue weighted by molar-refractivity contribution is -0.115. The number of rotatable bonds is 4. The van der Waals surface area contributed by atoms with Crippen LogP contribution in [0, 0.1) is 13.8 Å². The van der Waals surface area contributed by atoms with Gasteiger partial charge in [0.2, 0.25) is 5.91 Å². The van der Waals surface area contributed by atoms with E-state index in [1.54, 1.807) is 12.3 Å². The number of anilines is 3. The van der Waals surface area contributed by atoms with Crippen LogP contribution in [0.3, 0.4) is 0 Å². The molecule has 0 aliphatic rings. The number of amides is 1. The smallest absolute Gasteiger partial charge is 0.225 e. The van der Waals surface area contributed by atoms with Gasteiger partial charge in [0.25, 0.3) is 0 Å². The lowest BCUT2D eigenvalue weighted by Crippen LogP contribution is -2.10. The zero-order chi connectivity index (χ0) is 14.5. The molecule has 0 saturated heterocycles. The van der Waals surface area contributed by atoms with Crippen LogP contribution in [0.5, 0.6) is 0 Å². The third kappa shape index (κ3) is 3.57. The first kappa shape index (κ1) is 14.1. The predicted octanol–water partition coefficient (Wildman–Crippen LogP) is 3.79. The highest BCUT2D eigenvalue weighted by atomic mass is 16.1. The zero-order valence-electron chi connectivity index (χ0n) is 12.0. The molecule has 2 aromatic rings. The molecule has 0 aliphatic heterocycles. The number of benzene rings is 1. The highest BCUT2D eigenvalue weighted by Crippen LogP contribution is 2.21. The third-order valence-electron chi connectivity index (χ3n) is 3.01. The van der Waals surface area contributed by atoms with Gasteiger partial charge in [-0.15, -0.1) is 0 Å². The van der Waals surface area contributed by atoms with E-state index >= 15 is 0 Å². The number of aromatic nitrogens is 1. The summed E-state index contributed by atoms with van der Waals surface area (Å²) in [6.45, 7) is 5.95. The van der Waals surface area contributed by atoms with Gasteiger partial charge in [0.1, 0.15) is 5.82 Å². The second kappa shape index (κ2) is 6.19. The topological polar surface area (TPSA) is 54.0 Å². The predicted molar refractivity (Wildman–Crippen MR) is 82.4 cm³/mol. The van der Waals surface area contributed by atoms with Gasteiger partial charge in [-0.3, -0.25) is 4.79 Å². The highest BCUT2D eigenvalue weighted by molar-refractivity contribution is 5.89. The summed E-state index contributed by atoms with van der Waals surface area (Å²) in [5, 5.41) is 6.04. The van der Waals surface area contributed by atoms with Crippen molar-refractivity contribution in [2.75, 3.05) is 10.6 Å². The molecule has 1 heterocycles. The van der Waals surface area contributed by atoms with Crippen LogP contribution in [0.15, 0.2) is 36.5 Å². The Hall–Kier alpha value is -2.36. The van der Waals surface area contributed by atoms with E-state index in [9.17, 15) is 4.79 Å². The summed E-state index contributed by atoms with van der Waals surface area (Å²) in [6.07, 6.45) is 2.16. The second-order valence-corrected chi connectivity index (χ2v) is 4.78. The van der Waals surface area contributed by atoms with Crippen molar-refractivity contribution in [3.05, 3.63) is 47.7 Å². The lowest BCUT2D eigenvalue weighted by atomic mass is 10.1. The summed E-state index contributed by atoms with van der Waals surface area (Å²) in [6, 6.07) is 9.94. The lowest BCUT2D eigenvalue weighted by Gasteiger charge is -2.10. The number of pyridine rings is 1. The van der Waals surface area contributed by atoms with Crippen LogP contribution in [0.1, 0.15) is 24.5 Å². The Bertz CT molecular complexity index is 606. The first-order chi connectivity index (χ1) is 9.58. The maximum Gasteiger partial charge on any atom is 0.225 e. The summed E-state index contributed by atoms with van der Waals surface area (Å²) in [5.74, 6) is 0.538. The molecule has 20 heavy (non-hydrogen) atoms. The van der Waals surface area contributed by atoms with Crippen molar-refractivity contribution in [3.63, 3.8) is 0 Å². The minimum absolute atomic E-state index is 0.0346. The molecule has 2 N–H and O–H groups in total. The molecule has 0 unspecified atom stereocenters. The average molecular weight is 269 g/mol. The molecule has 2 rings (SSSR count). The van der Waals surface area contributed by atoms with E-state index in [1.165, 1.54) is 11.1 Å². The summed E-state index contributed by atoms with van der Waals surface area (Å²) < 4.78 is 0. The molecule has 0 aliphatic carbocycles.